The molecule has 126 valence electrons. The highest BCUT2D eigenvalue weighted by molar-refractivity contribution is 5.84. The highest BCUT2D eigenvalue weighted by atomic mass is 16.5. The summed E-state index contributed by atoms with van der Waals surface area (Å²) in [7, 11) is 3.05. The maximum Gasteiger partial charge on any atom is 0.411 e. The Bertz CT molecular complexity index is 671. The first-order valence-corrected chi connectivity index (χ1v) is 7.49. The number of rotatable bonds is 5. The maximum atomic E-state index is 11.1. The minimum atomic E-state index is -0.486. The van der Waals surface area contributed by atoms with Crippen LogP contribution in [0.2, 0.25) is 0 Å². The van der Waals surface area contributed by atoms with Gasteiger partial charge in [0.1, 0.15) is 0 Å². The van der Waals surface area contributed by atoms with Crippen molar-refractivity contribution in [3.05, 3.63) is 59.9 Å². The molecule has 2 rings (SSSR count). The highest BCUT2D eigenvalue weighted by Crippen LogP contribution is 2.09. The molecule has 0 aliphatic carbocycles. The van der Waals surface area contributed by atoms with Gasteiger partial charge in [-0.05, 0) is 29.8 Å². The highest BCUT2D eigenvalue weighted by Gasteiger charge is 2.02. The van der Waals surface area contributed by atoms with E-state index in [1.165, 1.54) is 7.11 Å². The van der Waals surface area contributed by atoms with E-state index in [0.717, 1.165) is 11.3 Å². The Balaban J connectivity index is 1.81. The van der Waals surface area contributed by atoms with E-state index in [0.29, 0.717) is 24.7 Å². The van der Waals surface area contributed by atoms with Gasteiger partial charge in [-0.3, -0.25) is 15.3 Å². The number of nitrogens with one attached hydrogen (secondary N) is 3. The Morgan fingerprint density at radius 1 is 1.12 bits per heavy atom. The van der Waals surface area contributed by atoms with Gasteiger partial charge in [0.05, 0.1) is 19.3 Å². The summed E-state index contributed by atoms with van der Waals surface area (Å²) < 4.78 is 4.55. The van der Waals surface area contributed by atoms with Gasteiger partial charge in [-0.15, -0.1) is 0 Å². The number of ether oxygens (including phenoxy) is 1. The zero-order valence-corrected chi connectivity index (χ0v) is 13.7. The van der Waals surface area contributed by atoms with E-state index in [1.807, 2.05) is 42.5 Å². The number of anilines is 1. The number of pyridine rings is 1. The second-order valence-corrected chi connectivity index (χ2v) is 4.91. The van der Waals surface area contributed by atoms with E-state index in [4.69, 9.17) is 0 Å². The summed E-state index contributed by atoms with van der Waals surface area (Å²) in [6, 6.07) is 13.3. The second kappa shape index (κ2) is 9.14. The Morgan fingerprint density at radius 2 is 1.88 bits per heavy atom. The molecule has 0 saturated heterocycles. The average molecular weight is 327 g/mol. The topological polar surface area (TPSA) is 87.6 Å². The van der Waals surface area contributed by atoms with Crippen molar-refractivity contribution < 1.29 is 9.53 Å². The Morgan fingerprint density at radius 3 is 2.50 bits per heavy atom. The minimum absolute atomic E-state index is 0.486. The lowest BCUT2D eigenvalue weighted by Gasteiger charge is -2.12. The monoisotopic (exact) mass is 327 g/mol. The van der Waals surface area contributed by atoms with Crippen LogP contribution in [0.15, 0.2) is 53.7 Å². The number of benzene rings is 1. The summed E-state index contributed by atoms with van der Waals surface area (Å²) in [6.45, 7) is 1.21. The van der Waals surface area contributed by atoms with Gasteiger partial charge in [-0.2, -0.15) is 0 Å². The second-order valence-electron chi connectivity index (χ2n) is 4.91. The van der Waals surface area contributed by atoms with Crippen LogP contribution in [-0.4, -0.2) is 31.2 Å². The van der Waals surface area contributed by atoms with Gasteiger partial charge in [0.2, 0.25) is 0 Å². The molecule has 0 fully saturated rings. The third-order valence-electron chi connectivity index (χ3n) is 3.23. The molecule has 3 N–H and O–H groups in total. The molecular weight excluding hydrogens is 306 g/mol. The van der Waals surface area contributed by atoms with E-state index in [-0.39, 0.29) is 0 Å². The first kappa shape index (κ1) is 17.3. The van der Waals surface area contributed by atoms with E-state index >= 15 is 0 Å². The number of carbonyl (C=O) groups excluding carboxylic acids is 1. The molecule has 0 aliphatic heterocycles. The molecule has 1 aromatic carbocycles. The average Bonchev–Trinajstić information content (AvgIpc) is 2.64. The molecule has 0 radical (unpaired) electrons. The predicted octanol–water partition coefficient (Wildman–Crippen LogP) is 2.13. The molecule has 7 nitrogen and oxygen atoms in total. The smallest absolute Gasteiger partial charge is 0.411 e. The summed E-state index contributed by atoms with van der Waals surface area (Å²) in [4.78, 5) is 19.6. The van der Waals surface area contributed by atoms with E-state index in [9.17, 15) is 4.79 Å². The SMILES string of the molecule is CN=C(NCc1ccc(NC(=O)OC)cc1)NCc1ccccn1. The molecular formula is C17H21N5O2. The largest absolute Gasteiger partial charge is 0.453 e. The van der Waals surface area contributed by atoms with Gasteiger partial charge < -0.3 is 15.4 Å². The number of methoxy groups -OCH3 is 1. The molecule has 1 heterocycles. The Labute approximate surface area is 141 Å². The number of guanidine groups is 1. The quantitative estimate of drug-likeness (QED) is 0.578. The first-order valence-electron chi connectivity index (χ1n) is 7.49. The fourth-order valence-corrected chi connectivity index (χ4v) is 1.96. The van der Waals surface area contributed by atoms with Crippen molar-refractivity contribution in [1.29, 1.82) is 0 Å². The van der Waals surface area contributed by atoms with Crippen LogP contribution < -0.4 is 16.0 Å². The lowest BCUT2D eigenvalue weighted by atomic mass is 10.2. The van der Waals surface area contributed by atoms with E-state index in [1.54, 1.807) is 13.2 Å². The van der Waals surface area contributed by atoms with Crippen LogP contribution in [-0.2, 0) is 17.8 Å². The van der Waals surface area contributed by atoms with E-state index < -0.39 is 6.09 Å². The van der Waals surface area contributed by atoms with Crippen molar-refractivity contribution in [2.24, 2.45) is 4.99 Å². The van der Waals surface area contributed by atoms with Gasteiger partial charge >= 0.3 is 6.09 Å². The molecule has 7 heteroatoms. The van der Waals surface area contributed by atoms with Crippen molar-refractivity contribution in [2.45, 2.75) is 13.1 Å². The lowest BCUT2D eigenvalue weighted by Crippen LogP contribution is -2.36. The molecule has 1 aromatic heterocycles. The number of hydrogen-bond acceptors (Lipinski definition) is 4. The molecule has 1 amide bonds. The number of aromatic nitrogens is 1. The molecule has 2 aromatic rings. The van der Waals surface area contributed by atoms with Crippen molar-refractivity contribution >= 4 is 17.7 Å². The summed E-state index contributed by atoms with van der Waals surface area (Å²) in [5.41, 5.74) is 2.69. The number of amides is 1. The minimum Gasteiger partial charge on any atom is -0.453 e. The normalized spacial score (nSPS) is 10.8. The van der Waals surface area contributed by atoms with Gasteiger partial charge in [0.25, 0.3) is 0 Å². The lowest BCUT2D eigenvalue weighted by molar-refractivity contribution is 0.187. The maximum absolute atomic E-state index is 11.1. The van der Waals surface area contributed by atoms with Crippen LogP contribution in [0.4, 0.5) is 10.5 Å². The number of hydrogen-bond donors (Lipinski definition) is 3. The Kier molecular flexibility index (Phi) is 6.58. The zero-order chi connectivity index (χ0) is 17.2. The van der Waals surface area contributed by atoms with Gasteiger partial charge in [0, 0.05) is 25.5 Å². The summed E-state index contributed by atoms with van der Waals surface area (Å²) in [6.07, 6.45) is 1.27. The van der Waals surface area contributed by atoms with Crippen LogP contribution >= 0.6 is 0 Å². The fourth-order valence-electron chi connectivity index (χ4n) is 1.96. The molecule has 0 atom stereocenters. The standard InChI is InChI=1S/C17H21N5O2/c1-18-16(21-12-15-5-3-4-10-19-15)20-11-13-6-8-14(9-7-13)22-17(23)24-2/h3-10H,11-12H2,1-2H3,(H,22,23)(H2,18,20,21). The summed E-state index contributed by atoms with van der Waals surface area (Å²) in [5.74, 6) is 0.692. The van der Waals surface area contributed by atoms with Gasteiger partial charge in [-0.1, -0.05) is 18.2 Å². The zero-order valence-electron chi connectivity index (χ0n) is 13.7. The third kappa shape index (κ3) is 5.60. The van der Waals surface area contributed by atoms with Crippen LogP contribution in [0.1, 0.15) is 11.3 Å². The van der Waals surface area contributed by atoms with Gasteiger partial charge in [-0.25, -0.2) is 4.79 Å². The van der Waals surface area contributed by atoms with Crippen LogP contribution in [0, 0.1) is 0 Å². The van der Waals surface area contributed by atoms with Crippen LogP contribution in [0.25, 0.3) is 0 Å². The molecule has 0 aliphatic rings. The van der Waals surface area contributed by atoms with E-state index in [2.05, 4.69) is 30.7 Å². The number of nitrogens with zero attached hydrogens (tertiary/aromatic N) is 2. The van der Waals surface area contributed by atoms with Gasteiger partial charge in [0.15, 0.2) is 5.96 Å². The molecule has 0 bridgehead atoms. The molecule has 24 heavy (non-hydrogen) atoms. The fraction of sp³-hybridized carbons (Fsp3) is 0.235. The summed E-state index contributed by atoms with van der Waals surface area (Å²) >= 11 is 0. The summed E-state index contributed by atoms with van der Waals surface area (Å²) in [5, 5.41) is 9.04. The van der Waals surface area contributed by atoms with Crippen LogP contribution in [0.5, 0.6) is 0 Å². The number of aliphatic imine (C=N–C) groups is 1. The predicted molar refractivity (Wildman–Crippen MR) is 93.7 cm³/mol. The van der Waals surface area contributed by atoms with Crippen molar-refractivity contribution in [2.75, 3.05) is 19.5 Å². The van der Waals surface area contributed by atoms with Crippen molar-refractivity contribution in [3.8, 4) is 0 Å². The van der Waals surface area contributed by atoms with Crippen molar-refractivity contribution in [3.63, 3.8) is 0 Å². The third-order valence-corrected chi connectivity index (χ3v) is 3.23. The molecule has 0 spiro atoms. The number of carbonyl (C=O) groups is 1. The van der Waals surface area contributed by atoms with Crippen molar-refractivity contribution in [1.82, 2.24) is 15.6 Å². The first-order chi connectivity index (χ1) is 11.7. The van der Waals surface area contributed by atoms with Crippen LogP contribution in [0.3, 0.4) is 0 Å². The molecule has 0 unspecified atom stereocenters. The molecule has 0 saturated carbocycles. The Hall–Kier alpha value is -3.09.